The lowest BCUT2D eigenvalue weighted by molar-refractivity contribution is -0.117. The number of aromatic nitrogens is 3. The van der Waals surface area contributed by atoms with Crippen LogP contribution in [0.1, 0.15) is 58.4 Å². The molecule has 3 aromatic rings. The summed E-state index contributed by atoms with van der Waals surface area (Å²) in [4.78, 5) is 25.8. The van der Waals surface area contributed by atoms with E-state index in [0.717, 1.165) is 30.6 Å². The van der Waals surface area contributed by atoms with Gasteiger partial charge in [-0.25, -0.2) is 9.97 Å². The number of carbonyl (C=O) groups excluding carboxylic acids is 1. The van der Waals surface area contributed by atoms with E-state index in [0.29, 0.717) is 53.7 Å². The van der Waals surface area contributed by atoms with Gasteiger partial charge in [0.25, 0.3) is 0 Å². The number of rotatable bonds is 14. The lowest BCUT2D eigenvalue weighted by Gasteiger charge is -2.32. The highest BCUT2D eigenvalue weighted by Crippen LogP contribution is 2.31. The molecule has 0 saturated heterocycles. The second kappa shape index (κ2) is 12.4. The molecule has 1 aromatic carbocycles. The highest BCUT2D eigenvalue weighted by atomic mass is 16.5. The summed E-state index contributed by atoms with van der Waals surface area (Å²) < 4.78 is 16.2. The third kappa shape index (κ3) is 6.96. The van der Waals surface area contributed by atoms with Crippen LogP contribution < -0.4 is 24.8 Å². The SMILES string of the molecule is CCCC[C@](C)(CCC(C)=O)Nc1nc(NCc2ccc(OC)cc2OC)nc2cc(OC)cnc12. The van der Waals surface area contributed by atoms with Crippen molar-refractivity contribution in [1.82, 2.24) is 15.0 Å². The minimum Gasteiger partial charge on any atom is -0.497 e. The first-order chi connectivity index (χ1) is 17.3. The van der Waals surface area contributed by atoms with Crippen molar-refractivity contribution in [3.05, 3.63) is 36.0 Å². The molecular formula is C27H37N5O4. The van der Waals surface area contributed by atoms with Crippen molar-refractivity contribution in [1.29, 1.82) is 0 Å². The average Bonchev–Trinajstić information content (AvgIpc) is 2.89. The van der Waals surface area contributed by atoms with Gasteiger partial charge in [0, 0.05) is 36.2 Å². The number of carbonyl (C=O) groups is 1. The fraction of sp³-hybridized carbons (Fsp3) is 0.481. The maximum absolute atomic E-state index is 11.8. The van der Waals surface area contributed by atoms with Crippen LogP contribution in [-0.4, -0.2) is 47.6 Å². The Morgan fingerprint density at radius 3 is 2.47 bits per heavy atom. The summed E-state index contributed by atoms with van der Waals surface area (Å²) in [5.41, 5.74) is 1.92. The molecule has 0 aliphatic rings. The lowest BCUT2D eigenvalue weighted by Crippen LogP contribution is -2.36. The van der Waals surface area contributed by atoms with Gasteiger partial charge in [0.1, 0.15) is 34.1 Å². The number of methoxy groups -OCH3 is 3. The number of fused-ring (bicyclic) bond motifs is 1. The van der Waals surface area contributed by atoms with Crippen molar-refractivity contribution < 1.29 is 19.0 Å². The van der Waals surface area contributed by atoms with Crippen LogP contribution in [0.3, 0.4) is 0 Å². The Balaban J connectivity index is 1.96. The summed E-state index contributed by atoms with van der Waals surface area (Å²) in [5.74, 6) is 3.28. The van der Waals surface area contributed by atoms with Gasteiger partial charge in [-0.05, 0) is 38.8 Å². The number of unbranched alkanes of at least 4 members (excludes halogenated alkanes) is 1. The standard InChI is InChI=1S/C27H37N5O4/c1-7-8-12-27(3,13-11-18(2)33)32-25-24-22(14-21(35-5)17-28-24)30-26(31-25)29-16-19-9-10-20(34-4)15-23(19)36-6/h9-10,14-15,17H,7-8,11-13,16H2,1-6H3,(H2,29,30,31,32)/t27-/m1/s1. The topological polar surface area (TPSA) is 107 Å². The van der Waals surface area contributed by atoms with Gasteiger partial charge in [0.15, 0.2) is 5.82 Å². The molecule has 0 radical (unpaired) electrons. The number of pyridine rings is 1. The third-order valence-corrected chi connectivity index (χ3v) is 6.21. The Morgan fingerprint density at radius 1 is 1.03 bits per heavy atom. The van der Waals surface area contributed by atoms with Gasteiger partial charge in [-0.1, -0.05) is 19.8 Å². The zero-order valence-corrected chi connectivity index (χ0v) is 22.1. The highest BCUT2D eigenvalue weighted by Gasteiger charge is 2.26. The van der Waals surface area contributed by atoms with E-state index in [-0.39, 0.29) is 11.3 Å². The second-order valence-corrected chi connectivity index (χ2v) is 9.16. The van der Waals surface area contributed by atoms with Crippen LogP contribution in [0.4, 0.5) is 11.8 Å². The molecule has 0 saturated carbocycles. The van der Waals surface area contributed by atoms with Gasteiger partial charge in [-0.3, -0.25) is 0 Å². The quantitative estimate of drug-likeness (QED) is 0.304. The molecule has 0 fully saturated rings. The van der Waals surface area contributed by atoms with Crippen molar-refractivity contribution in [2.45, 2.75) is 65.0 Å². The Hall–Kier alpha value is -3.62. The van der Waals surface area contributed by atoms with Gasteiger partial charge in [0.2, 0.25) is 5.95 Å². The molecule has 9 nitrogen and oxygen atoms in total. The zero-order valence-electron chi connectivity index (χ0n) is 22.1. The monoisotopic (exact) mass is 495 g/mol. The van der Waals surface area contributed by atoms with E-state index in [1.165, 1.54) is 0 Å². The molecule has 0 spiro atoms. The van der Waals surface area contributed by atoms with Crippen LogP contribution in [0.5, 0.6) is 17.2 Å². The number of ether oxygens (including phenoxy) is 3. The molecule has 2 heterocycles. The maximum atomic E-state index is 11.8. The number of ketones is 1. The minimum absolute atomic E-state index is 0.172. The molecule has 0 aliphatic carbocycles. The average molecular weight is 496 g/mol. The van der Waals surface area contributed by atoms with Crippen molar-refractivity contribution >= 4 is 28.6 Å². The summed E-state index contributed by atoms with van der Waals surface area (Å²) in [6.45, 7) is 6.38. The van der Waals surface area contributed by atoms with Gasteiger partial charge in [-0.2, -0.15) is 4.98 Å². The summed E-state index contributed by atoms with van der Waals surface area (Å²) in [5, 5.41) is 6.93. The number of hydrogen-bond acceptors (Lipinski definition) is 9. The number of nitrogens with one attached hydrogen (secondary N) is 2. The Labute approximate surface area is 213 Å². The third-order valence-electron chi connectivity index (χ3n) is 6.21. The van der Waals surface area contributed by atoms with Gasteiger partial charge in [-0.15, -0.1) is 0 Å². The largest absolute Gasteiger partial charge is 0.497 e. The number of anilines is 2. The zero-order chi connectivity index (χ0) is 26.1. The van der Waals surface area contributed by atoms with Gasteiger partial charge >= 0.3 is 0 Å². The molecule has 2 aromatic heterocycles. The van der Waals surface area contributed by atoms with Gasteiger partial charge < -0.3 is 29.6 Å². The number of hydrogen-bond donors (Lipinski definition) is 2. The van der Waals surface area contributed by atoms with E-state index in [1.54, 1.807) is 34.4 Å². The molecule has 0 amide bonds. The van der Waals surface area contributed by atoms with Crippen LogP contribution in [0, 0.1) is 0 Å². The number of Topliss-reactive ketones (excluding diaryl/α,β-unsaturated/α-hetero) is 1. The predicted molar refractivity (Wildman–Crippen MR) is 142 cm³/mol. The molecule has 0 bridgehead atoms. The Bertz CT molecular complexity index is 1190. The van der Waals surface area contributed by atoms with E-state index in [9.17, 15) is 4.79 Å². The summed E-state index contributed by atoms with van der Waals surface area (Å²) in [6, 6.07) is 7.51. The number of benzene rings is 1. The maximum Gasteiger partial charge on any atom is 0.225 e. The first kappa shape index (κ1) is 27.0. The van der Waals surface area contributed by atoms with E-state index in [2.05, 4.69) is 29.5 Å². The highest BCUT2D eigenvalue weighted by molar-refractivity contribution is 5.87. The molecule has 3 rings (SSSR count). The first-order valence-corrected chi connectivity index (χ1v) is 12.2. The number of nitrogens with zero attached hydrogens (tertiary/aromatic N) is 3. The lowest BCUT2D eigenvalue weighted by atomic mass is 9.89. The fourth-order valence-corrected chi connectivity index (χ4v) is 4.01. The molecule has 9 heteroatoms. The van der Waals surface area contributed by atoms with Crippen LogP contribution >= 0.6 is 0 Å². The van der Waals surface area contributed by atoms with E-state index in [4.69, 9.17) is 24.2 Å². The van der Waals surface area contributed by atoms with Crippen LogP contribution in [0.15, 0.2) is 30.5 Å². The second-order valence-electron chi connectivity index (χ2n) is 9.16. The van der Waals surface area contributed by atoms with Crippen LogP contribution in [-0.2, 0) is 11.3 Å². The molecule has 36 heavy (non-hydrogen) atoms. The normalized spacial score (nSPS) is 12.6. The summed E-state index contributed by atoms with van der Waals surface area (Å²) in [7, 11) is 4.85. The Kier molecular flexibility index (Phi) is 9.27. The minimum atomic E-state index is -0.318. The van der Waals surface area contributed by atoms with Crippen molar-refractivity contribution in [2.24, 2.45) is 0 Å². The molecular weight excluding hydrogens is 458 g/mol. The molecule has 1 atom stereocenters. The van der Waals surface area contributed by atoms with E-state index in [1.807, 2.05) is 24.3 Å². The van der Waals surface area contributed by atoms with Crippen molar-refractivity contribution in [2.75, 3.05) is 32.0 Å². The van der Waals surface area contributed by atoms with Crippen LogP contribution in [0.25, 0.3) is 11.0 Å². The molecule has 194 valence electrons. The molecule has 0 unspecified atom stereocenters. The Morgan fingerprint density at radius 2 is 1.81 bits per heavy atom. The fourth-order valence-electron chi connectivity index (χ4n) is 4.01. The molecule has 0 aliphatic heterocycles. The predicted octanol–water partition coefficient (Wildman–Crippen LogP) is 5.39. The first-order valence-electron chi connectivity index (χ1n) is 12.2. The summed E-state index contributed by atoms with van der Waals surface area (Å²) in [6.07, 6.45) is 5.87. The molecule has 2 N–H and O–H groups in total. The van der Waals surface area contributed by atoms with Crippen LogP contribution in [0.2, 0.25) is 0 Å². The van der Waals surface area contributed by atoms with E-state index >= 15 is 0 Å². The summed E-state index contributed by atoms with van der Waals surface area (Å²) >= 11 is 0. The van der Waals surface area contributed by atoms with Gasteiger partial charge in [0.05, 0.1) is 27.5 Å². The van der Waals surface area contributed by atoms with Crippen molar-refractivity contribution in [3.63, 3.8) is 0 Å². The van der Waals surface area contributed by atoms with Crippen molar-refractivity contribution in [3.8, 4) is 17.2 Å². The van der Waals surface area contributed by atoms with E-state index < -0.39 is 0 Å². The smallest absolute Gasteiger partial charge is 0.225 e.